The van der Waals surface area contributed by atoms with E-state index in [0.717, 1.165) is 18.0 Å². The summed E-state index contributed by atoms with van der Waals surface area (Å²) in [6.45, 7) is 7.57. The summed E-state index contributed by atoms with van der Waals surface area (Å²) >= 11 is 5.48. The smallest absolute Gasteiger partial charge is 0.171 e. The minimum atomic E-state index is 0.306. The lowest BCUT2D eigenvalue weighted by molar-refractivity contribution is -0.919. The van der Waals surface area contributed by atoms with Gasteiger partial charge in [-0.3, -0.25) is 0 Å². The van der Waals surface area contributed by atoms with Crippen LogP contribution in [0.2, 0.25) is 0 Å². The highest BCUT2D eigenvalue weighted by Crippen LogP contribution is 2.17. The van der Waals surface area contributed by atoms with Gasteiger partial charge in [-0.25, -0.2) is 0 Å². The number of hydrogen-bond acceptors (Lipinski definition) is 2. The van der Waals surface area contributed by atoms with Gasteiger partial charge in [0.25, 0.3) is 0 Å². The Balaban J connectivity index is 1.56. The maximum Gasteiger partial charge on any atom is 0.171 e. The summed E-state index contributed by atoms with van der Waals surface area (Å²) in [5.74, 6) is 1.57. The molecule has 2 heterocycles. The van der Waals surface area contributed by atoms with E-state index >= 15 is 0 Å². The number of quaternary nitrogens is 1. The summed E-state index contributed by atoms with van der Waals surface area (Å²) in [6.07, 6.45) is 4.33. The van der Waals surface area contributed by atoms with E-state index in [1.165, 1.54) is 31.5 Å². The molecular weight excluding hydrogens is 330 g/mol. The van der Waals surface area contributed by atoms with Crippen LogP contribution in [0.4, 0.5) is 5.69 Å². The fourth-order valence-corrected chi connectivity index (χ4v) is 3.64. The number of anilines is 1. The summed E-state index contributed by atoms with van der Waals surface area (Å²) in [5.41, 5.74) is 2.35. The Labute approximate surface area is 155 Å². The van der Waals surface area contributed by atoms with E-state index in [1.54, 1.807) is 11.2 Å². The van der Waals surface area contributed by atoms with E-state index in [-0.39, 0.29) is 0 Å². The third-order valence-electron chi connectivity index (χ3n) is 4.93. The molecule has 0 amide bonds. The minimum absolute atomic E-state index is 0.306. The quantitative estimate of drug-likeness (QED) is 0.694. The van der Waals surface area contributed by atoms with Crippen LogP contribution in [-0.4, -0.2) is 24.7 Å². The van der Waals surface area contributed by atoms with Crippen molar-refractivity contribution in [3.63, 3.8) is 0 Å². The van der Waals surface area contributed by atoms with Gasteiger partial charge in [-0.15, -0.1) is 0 Å². The lowest BCUT2D eigenvalue weighted by atomic mass is 10.0. The molecule has 1 aliphatic heterocycles. The van der Waals surface area contributed by atoms with Crippen LogP contribution in [0.3, 0.4) is 0 Å². The maximum atomic E-state index is 5.67. The second-order valence-corrected chi connectivity index (χ2v) is 7.45. The first-order valence-corrected chi connectivity index (χ1v) is 9.57. The molecule has 134 valence electrons. The van der Waals surface area contributed by atoms with Gasteiger partial charge in [0.1, 0.15) is 0 Å². The molecule has 5 heteroatoms. The molecule has 0 bridgehead atoms. The first-order chi connectivity index (χ1) is 12.1. The van der Waals surface area contributed by atoms with E-state index in [2.05, 4.69) is 54.8 Å². The van der Waals surface area contributed by atoms with Gasteiger partial charge >= 0.3 is 0 Å². The predicted molar refractivity (Wildman–Crippen MR) is 106 cm³/mol. The lowest BCUT2D eigenvalue weighted by Crippen LogP contribution is -3.11. The molecule has 1 fully saturated rings. The third kappa shape index (κ3) is 4.83. The van der Waals surface area contributed by atoms with Crippen LogP contribution in [0, 0.1) is 0 Å². The molecule has 0 unspecified atom stereocenters. The summed E-state index contributed by atoms with van der Waals surface area (Å²) < 4.78 is 5.67. The number of furan rings is 1. The molecule has 4 nitrogen and oxygen atoms in total. The zero-order valence-electron chi connectivity index (χ0n) is 15.0. The number of hydrogen-bond donors (Lipinski definition) is 3. The number of likely N-dealkylation sites (tertiary alicyclic amines) is 1. The van der Waals surface area contributed by atoms with Gasteiger partial charge < -0.3 is 20.0 Å². The van der Waals surface area contributed by atoms with E-state index < -0.39 is 0 Å². The highest BCUT2D eigenvalue weighted by molar-refractivity contribution is 7.80. The average Bonchev–Trinajstić information content (AvgIpc) is 3.29. The summed E-state index contributed by atoms with van der Waals surface area (Å²) in [4.78, 5) is 1.58. The third-order valence-corrected chi connectivity index (χ3v) is 5.17. The molecule has 1 aromatic heterocycles. The maximum absolute atomic E-state index is 5.67. The van der Waals surface area contributed by atoms with Crippen molar-refractivity contribution < 1.29 is 9.32 Å². The molecule has 2 aromatic rings. The van der Waals surface area contributed by atoms with Crippen LogP contribution < -0.4 is 15.5 Å². The average molecular weight is 359 g/mol. The van der Waals surface area contributed by atoms with Gasteiger partial charge in [0.15, 0.2) is 16.9 Å². The highest BCUT2D eigenvalue weighted by atomic mass is 32.1. The minimum Gasteiger partial charge on any atom is -0.463 e. The number of thiocarbonyl (C=S) groups is 1. The van der Waals surface area contributed by atoms with E-state index in [9.17, 15) is 0 Å². The Morgan fingerprint density at radius 2 is 1.88 bits per heavy atom. The Kier molecular flexibility index (Phi) is 6.10. The predicted octanol–water partition coefficient (Wildman–Crippen LogP) is 3.11. The van der Waals surface area contributed by atoms with E-state index in [4.69, 9.17) is 16.6 Å². The van der Waals surface area contributed by atoms with Crippen LogP contribution in [0.15, 0.2) is 47.1 Å². The SMILES string of the molecule is CC(C)c1ccc(NC(=S)NC[C@@H](c2ccco2)[NH+]2CCCC2)cc1. The number of nitrogens with one attached hydrogen (secondary N) is 3. The lowest BCUT2D eigenvalue weighted by Gasteiger charge is -2.23. The van der Waals surface area contributed by atoms with Crippen LogP contribution in [-0.2, 0) is 0 Å². The Bertz CT molecular complexity index is 661. The zero-order valence-corrected chi connectivity index (χ0v) is 15.9. The van der Waals surface area contributed by atoms with Crippen molar-refractivity contribution in [3.05, 3.63) is 54.0 Å². The van der Waals surface area contributed by atoms with E-state index in [0.29, 0.717) is 17.1 Å². The van der Waals surface area contributed by atoms with Crippen molar-refractivity contribution in [2.75, 3.05) is 25.0 Å². The van der Waals surface area contributed by atoms with Crippen molar-refractivity contribution in [2.45, 2.75) is 38.6 Å². The molecule has 3 rings (SSSR count). The second kappa shape index (κ2) is 8.50. The van der Waals surface area contributed by atoms with Gasteiger partial charge in [-0.2, -0.15) is 0 Å². The molecular formula is C20H28N3OS+. The van der Waals surface area contributed by atoms with Crippen molar-refractivity contribution >= 4 is 23.0 Å². The summed E-state index contributed by atoms with van der Waals surface area (Å²) in [5, 5.41) is 7.31. The summed E-state index contributed by atoms with van der Waals surface area (Å²) in [7, 11) is 0. The van der Waals surface area contributed by atoms with Crippen LogP contribution in [0.5, 0.6) is 0 Å². The molecule has 3 N–H and O–H groups in total. The molecule has 0 saturated carbocycles. The van der Waals surface area contributed by atoms with Crippen molar-refractivity contribution in [2.24, 2.45) is 0 Å². The largest absolute Gasteiger partial charge is 0.463 e. The summed E-state index contributed by atoms with van der Waals surface area (Å²) in [6, 6.07) is 12.8. The van der Waals surface area contributed by atoms with E-state index in [1.807, 2.05) is 6.07 Å². The zero-order chi connectivity index (χ0) is 17.6. The standard InChI is InChI=1S/C20H27N3OS/c1-15(2)16-7-9-17(10-8-16)22-20(25)21-14-18(19-6-5-13-24-19)23-11-3-4-12-23/h5-10,13,15,18H,3-4,11-12,14H2,1-2H3,(H2,21,22,25)/p+1/t18-/m0/s1. The molecule has 25 heavy (non-hydrogen) atoms. The number of rotatable bonds is 6. The van der Waals surface area contributed by atoms with Gasteiger partial charge in [0.2, 0.25) is 0 Å². The molecule has 1 saturated heterocycles. The van der Waals surface area contributed by atoms with Gasteiger partial charge in [0, 0.05) is 18.5 Å². The molecule has 0 aliphatic carbocycles. The normalized spacial score (nSPS) is 16.1. The van der Waals surface area contributed by atoms with Crippen LogP contribution in [0.25, 0.3) is 0 Å². The fourth-order valence-electron chi connectivity index (χ4n) is 3.43. The van der Waals surface area contributed by atoms with Crippen molar-refractivity contribution in [1.29, 1.82) is 0 Å². The molecule has 1 atom stereocenters. The number of benzene rings is 1. The highest BCUT2D eigenvalue weighted by Gasteiger charge is 2.29. The molecule has 0 spiro atoms. The van der Waals surface area contributed by atoms with Crippen molar-refractivity contribution in [3.8, 4) is 0 Å². The Morgan fingerprint density at radius 3 is 2.48 bits per heavy atom. The van der Waals surface area contributed by atoms with Gasteiger partial charge in [-0.1, -0.05) is 26.0 Å². The monoisotopic (exact) mass is 358 g/mol. The molecule has 1 aromatic carbocycles. The fraction of sp³-hybridized carbons (Fsp3) is 0.450. The first-order valence-electron chi connectivity index (χ1n) is 9.16. The van der Waals surface area contributed by atoms with Gasteiger partial charge in [0.05, 0.1) is 25.9 Å². The first kappa shape index (κ1) is 18.0. The topological polar surface area (TPSA) is 41.6 Å². The van der Waals surface area contributed by atoms with Gasteiger partial charge in [-0.05, 0) is 48.0 Å². The second-order valence-electron chi connectivity index (χ2n) is 7.05. The Hall–Kier alpha value is -1.85. The Morgan fingerprint density at radius 1 is 1.16 bits per heavy atom. The molecule has 0 radical (unpaired) electrons. The molecule has 1 aliphatic rings. The van der Waals surface area contributed by atoms with Crippen LogP contribution in [0.1, 0.15) is 50.0 Å². The van der Waals surface area contributed by atoms with Crippen LogP contribution >= 0.6 is 12.2 Å². The van der Waals surface area contributed by atoms with Crippen molar-refractivity contribution in [1.82, 2.24) is 5.32 Å².